The van der Waals surface area contributed by atoms with Gasteiger partial charge in [-0.25, -0.2) is 10.4 Å². The maximum atomic E-state index is 11.7. The van der Waals surface area contributed by atoms with Crippen LogP contribution in [0.5, 0.6) is 5.75 Å². The molecule has 0 bridgehead atoms. The average molecular weight is 335 g/mol. The van der Waals surface area contributed by atoms with Crippen molar-refractivity contribution in [1.82, 2.24) is 10.4 Å². The van der Waals surface area contributed by atoms with Gasteiger partial charge in [-0.1, -0.05) is 0 Å². The summed E-state index contributed by atoms with van der Waals surface area (Å²) in [5, 5.41) is 16.7. The molecule has 0 aliphatic carbocycles. The fraction of sp³-hybridized carbons (Fsp3) is 0.154. The third-order valence-electron chi connectivity index (χ3n) is 2.71. The molecule has 120 valence electrons. The number of hydrazone groups is 1. The summed E-state index contributed by atoms with van der Waals surface area (Å²) in [6.07, 6.45) is 1.35. The first-order valence-corrected chi connectivity index (χ1v) is 7.21. The Hall–Kier alpha value is -3.01. The number of anilines is 1. The number of nitrogens with one attached hydrogen (secondary N) is 1. The van der Waals surface area contributed by atoms with Crippen molar-refractivity contribution < 1.29 is 14.5 Å². The molecule has 3 N–H and O–H groups in total. The van der Waals surface area contributed by atoms with Gasteiger partial charge in [0, 0.05) is 17.0 Å². The number of methoxy groups -OCH3 is 1. The van der Waals surface area contributed by atoms with Gasteiger partial charge in [0.25, 0.3) is 0 Å². The number of rotatable bonds is 6. The molecule has 0 spiro atoms. The summed E-state index contributed by atoms with van der Waals surface area (Å²) < 4.78 is 4.90. The quantitative estimate of drug-likeness (QED) is 0.465. The van der Waals surface area contributed by atoms with Crippen molar-refractivity contribution >= 4 is 34.3 Å². The van der Waals surface area contributed by atoms with Crippen LogP contribution in [0.25, 0.3) is 0 Å². The van der Waals surface area contributed by atoms with Crippen LogP contribution in [0, 0.1) is 10.1 Å². The van der Waals surface area contributed by atoms with Crippen LogP contribution in [0.3, 0.4) is 0 Å². The normalized spacial score (nSPS) is 10.7. The highest BCUT2D eigenvalue weighted by molar-refractivity contribution is 7.13. The average Bonchev–Trinajstić information content (AvgIpc) is 2.92. The number of nitrogens with zero attached hydrogens (tertiary/aromatic N) is 3. The number of hydrogen-bond acceptors (Lipinski definition) is 8. The largest absolute Gasteiger partial charge is 0.490 e. The van der Waals surface area contributed by atoms with Gasteiger partial charge in [0.2, 0.25) is 5.91 Å². The number of carbonyl (C=O) groups is 1. The van der Waals surface area contributed by atoms with E-state index >= 15 is 0 Å². The molecular weight excluding hydrogens is 322 g/mol. The molecule has 23 heavy (non-hydrogen) atoms. The zero-order chi connectivity index (χ0) is 16.8. The lowest BCUT2D eigenvalue weighted by atomic mass is 10.2. The zero-order valence-corrected chi connectivity index (χ0v) is 12.9. The van der Waals surface area contributed by atoms with E-state index in [1.165, 1.54) is 36.8 Å². The van der Waals surface area contributed by atoms with Crippen LogP contribution in [-0.2, 0) is 11.2 Å². The predicted octanol–water partition coefficient (Wildman–Crippen LogP) is 1.33. The van der Waals surface area contributed by atoms with Gasteiger partial charge in [-0.15, -0.1) is 11.3 Å². The van der Waals surface area contributed by atoms with Crippen molar-refractivity contribution in [2.75, 3.05) is 12.8 Å². The first kappa shape index (κ1) is 16.4. The molecule has 2 aromatic rings. The Morgan fingerprint density at radius 3 is 3.00 bits per heavy atom. The molecule has 2 rings (SSSR count). The number of nitrogens with two attached hydrogens (primary N) is 1. The molecular formula is C13H13N5O4S. The minimum Gasteiger partial charge on any atom is -0.490 e. The minimum atomic E-state index is -0.554. The van der Waals surface area contributed by atoms with Gasteiger partial charge in [-0.3, -0.25) is 14.9 Å². The van der Waals surface area contributed by atoms with Gasteiger partial charge >= 0.3 is 5.69 Å². The lowest BCUT2D eigenvalue weighted by Gasteiger charge is -2.02. The molecule has 9 nitrogen and oxygen atoms in total. The molecule has 1 amide bonds. The summed E-state index contributed by atoms with van der Waals surface area (Å²) in [6, 6.07) is 4.34. The maximum absolute atomic E-state index is 11.7. The summed E-state index contributed by atoms with van der Waals surface area (Å²) in [7, 11) is 1.35. The fourth-order valence-electron chi connectivity index (χ4n) is 1.72. The van der Waals surface area contributed by atoms with E-state index in [1.807, 2.05) is 0 Å². The van der Waals surface area contributed by atoms with Crippen molar-refractivity contribution in [2.24, 2.45) is 5.10 Å². The molecule has 0 radical (unpaired) electrons. The number of nitrogen functional groups attached to an aromatic ring is 1. The molecule has 10 heteroatoms. The number of aromatic nitrogens is 1. The SMILES string of the molecule is COc1ccc(/C=N/NC(=O)Cc2csc(N)n2)cc1[N+](=O)[O-]. The third kappa shape index (κ3) is 4.48. The third-order valence-corrected chi connectivity index (χ3v) is 3.44. The van der Waals surface area contributed by atoms with Gasteiger partial charge in [-0.2, -0.15) is 5.10 Å². The van der Waals surface area contributed by atoms with Gasteiger partial charge in [0.15, 0.2) is 10.9 Å². The van der Waals surface area contributed by atoms with Crippen molar-refractivity contribution in [3.8, 4) is 5.75 Å². The highest BCUT2D eigenvalue weighted by Crippen LogP contribution is 2.26. The number of carbonyl (C=O) groups excluding carboxylic acids is 1. The van der Waals surface area contributed by atoms with Crippen LogP contribution in [0.1, 0.15) is 11.3 Å². The van der Waals surface area contributed by atoms with E-state index in [9.17, 15) is 14.9 Å². The molecule has 0 unspecified atom stereocenters. The molecule has 0 aliphatic heterocycles. The number of benzene rings is 1. The fourth-order valence-corrected chi connectivity index (χ4v) is 2.28. The number of nitro groups is 1. The molecule has 1 aromatic heterocycles. The Morgan fingerprint density at radius 1 is 1.61 bits per heavy atom. The van der Waals surface area contributed by atoms with E-state index in [1.54, 1.807) is 11.4 Å². The summed E-state index contributed by atoms with van der Waals surface area (Å²) in [5.74, 6) is -0.216. The predicted molar refractivity (Wildman–Crippen MR) is 85.6 cm³/mol. The number of amides is 1. The van der Waals surface area contributed by atoms with Gasteiger partial charge in [0.1, 0.15) is 0 Å². The van der Waals surface area contributed by atoms with E-state index in [-0.39, 0.29) is 23.8 Å². The van der Waals surface area contributed by atoms with E-state index in [2.05, 4.69) is 15.5 Å². The Bertz CT molecular complexity index is 759. The van der Waals surface area contributed by atoms with Crippen LogP contribution in [0.15, 0.2) is 28.7 Å². The van der Waals surface area contributed by atoms with E-state index in [4.69, 9.17) is 10.5 Å². The minimum absolute atomic E-state index is 0.0494. The zero-order valence-electron chi connectivity index (χ0n) is 12.1. The summed E-state index contributed by atoms with van der Waals surface area (Å²) in [6.45, 7) is 0. The molecule has 0 atom stereocenters. The maximum Gasteiger partial charge on any atom is 0.311 e. The van der Waals surface area contributed by atoms with Crippen molar-refractivity contribution in [2.45, 2.75) is 6.42 Å². The molecule has 0 fully saturated rings. The standard InChI is InChI=1S/C13H13N5O4S/c1-22-11-3-2-8(4-10(11)18(20)21)6-15-17-12(19)5-9-7-23-13(14)16-9/h2-4,6-7H,5H2,1H3,(H2,14,16)(H,17,19)/b15-6+. The first-order valence-electron chi connectivity index (χ1n) is 6.34. The summed E-state index contributed by atoms with van der Waals surface area (Å²) >= 11 is 1.25. The molecule has 0 saturated carbocycles. The Kier molecular flexibility index (Phi) is 5.20. The lowest BCUT2D eigenvalue weighted by molar-refractivity contribution is -0.385. The Morgan fingerprint density at radius 2 is 2.39 bits per heavy atom. The topological polar surface area (TPSA) is 133 Å². The second kappa shape index (κ2) is 7.31. The number of thiazole rings is 1. The molecule has 1 heterocycles. The highest BCUT2D eigenvalue weighted by atomic mass is 32.1. The number of ether oxygens (including phenoxy) is 1. The van der Waals surface area contributed by atoms with Crippen LogP contribution in [0.4, 0.5) is 10.8 Å². The lowest BCUT2D eigenvalue weighted by Crippen LogP contribution is -2.19. The van der Waals surface area contributed by atoms with Gasteiger partial charge in [-0.05, 0) is 12.1 Å². The van der Waals surface area contributed by atoms with Crippen LogP contribution in [-0.4, -0.2) is 29.1 Å². The molecule has 1 aromatic carbocycles. The highest BCUT2D eigenvalue weighted by Gasteiger charge is 2.14. The molecule has 0 saturated heterocycles. The van der Waals surface area contributed by atoms with Crippen molar-refractivity contribution in [1.29, 1.82) is 0 Å². The van der Waals surface area contributed by atoms with E-state index in [0.717, 1.165) is 0 Å². The van der Waals surface area contributed by atoms with Crippen LogP contribution in [0.2, 0.25) is 0 Å². The van der Waals surface area contributed by atoms with Crippen molar-refractivity contribution in [3.63, 3.8) is 0 Å². The second-order valence-electron chi connectivity index (χ2n) is 4.34. The monoisotopic (exact) mass is 335 g/mol. The van der Waals surface area contributed by atoms with Gasteiger partial charge < -0.3 is 10.5 Å². The summed E-state index contributed by atoms with van der Waals surface area (Å²) in [5.41, 5.74) is 8.62. The Balaban J connectivity index is 1.98. The van der Waals surface area contributed by atoms with Crippen LogP contribution < -0.4 is 15.9 Å². The van der Waals surface area contributed by atoms with E-state index < -0.39 is 4.92 Å². The van der Waals surface area contributed by atoms with E-state index in [0.29, 0.717) is 16.4 Å². The first-order chi connectivity index (χ1) is 11.0. The molecule has 0 aliphatic rings. The summed E-state index contributed by atoms with van der Waals surface area (Å²) in [4.78, 5) is 26.0. The number of hydrogen-bond donors (Lipinski definition) is 2. The smallest absolute Gasteiger partial charge is 0.311 e. The van der Waals surface area contributed by atoms with Gasteiger partial charge in [0.05, 0.1) is 30.4 Å². The Labute approximate surface area is 134 Å². The number of nitro benzene ring substituents is 1. The van der Waals surface area contributed by atoms with Crippen molar-refractivity contribution in [3.05, 3.63) is 45.0 Å². The van der Waals surface area contributed by atoms with Crippen LogP contribution >= 0.6 is 11.3 Å². The second-order valence-corrected chi connectivity index (χ2v) is 5.23.